The number of ether oxygens (including phenoxy) is 1. The number of rotatable bonds is 3. The molecule has 0 aliphatic carbocycles. The van der Waals surface area contributed by atoms with Gasteiger partial charge in [-0.3, -0.25) is 4.90 Å². The smallest absolute Gasteiger partial charge is 0.410 e. The van der Waals surface area contributed by atoms with Gasteiger partial charge in [0.25, 0.3) is 0 Å². The lowest BCUT2D eigenvalue weighted by atomic mass is 10.2. The molecule has 2 rings (SSSR count). The van der Waals surface area contributed by atoms with Crippen molar-refractivity contribution < 1.29 is 14.6 Å². The van der Waals surface area contributed by atoms with Crippen LogP contribution in [-0.2, 0) is 17.9 Å². The molecule has 0 bridgehead atoms. The molecule has 1 aliphatic rings. The number of aliphatic hydroxyl groups is 1. The Morgan fingerprint density at radius 2 is 1.86 bits per heavy atom. The van der Waals surface area contributed by atoms with Gasteiger partial charge in [0.1, 0.15) is 5.60 Å². The van der Waals surface area contributed by atoms with Crippen molar-refractivity contribution in [1.29, 1.82) is 0 Å². The molecule has 1 fully saturated rings. The second kappa shape index (κ2) is 6.77. The molecule has 1 aromatic rings. The lowest BCUT2D eigenvalue weighted by Gasteiger charge is -2.35. The van der Waals surface area contributed by atoms with Crippen molar-refractivity contribution in [2.75, 3.05) is 26.2 Å². The topological polar surface area (TPSA) is 53.0 Å². The van der Waals surface area contributed by atoms with Crippen molar-refractivity contribution in [3.63, 3.8) is 0 Å². The summed E-state index contributed by atoms with van der Waals surface area (Å²) in [6.07, 6.45) is -0.221. The molecule has 5 nitrogen and oxygen atoms in total. The van der Waals surface area contributed by atoms with E-state index < -0.39 is 5.60 Å². The molecule has 1 amide bonds. The van der Waals surface area contributed by atoms with Crippen molar-refractivity contribution in [2.24, 2.45) is 0 Å². The van der Waals surface area contributed by atoms with Gasteiger partial charge in [-0.05, 0) is 32.9 Å². The fourth-order valence-corrected chi connectivity index (χ4v) is 3.15. The molecule has 0 spiro atoms. The molecular formula is C15H24N2O3S. The zero-order valence-corrected chi connectivity index (χ0v) is 13.8. The summed E-state index contributed by atoms with van der Waals surface area (Å²) < 4.78 is 5.39. The Hall–Kier alpha value is -1.11. The van der Waals surface area contributed by atoms with E-state index in [2.05, 4.69) is 11.0 Å². The van der Waals surface area contributed by atoms with Crippen LogP contribution in [0.15, 0.2) is 12.1 Å². The summed E-state index contributed by atoms with van der Waals surface area (Å²) >= 11 is 1.64. The highest BCUT2D eigenvalue weighted by Crippen LogP contribution is 2.19. The van der Waals surface area contributed by atoms with Crippen molar-refractivity contribution in [1.82, 2.24) is 9.80 Å². The predicted octanol–water partition coefficient (Wildman–Crippen LogP) is 2.29. The third-order valence-electron chi connectivity index (χ3n) is 3.28. The summed E-state index contributed by atoms with van der Waals surface area (Å²) in [6, 6.07) is 4.04. The number of carbonyl (C=O) groups is 1. The van der Waals surface area contributed by atoms with E-state index in [0.29, 0.717) is 13.1 Å². The average Bonchev–Trinajstić information content (AvgIpc) is 2.85. The summed E-state index contributed by atoms with van der Waals surface area (Å²) in [5.41, 5.74) is -0.439. The van der Waals surface area contributed by atoms with Gasteiger partial charge in [0, 0.05) is 42.5 Å². The molecule has 0 unspecified atom stereocenters. The highest BCUT2D eigenvalue weighted by Gasteiger charge is 2.25. The van der Waals surface area contributed by atoms with Crippen molar-refractivity contribution in [3.05, 3.63) is 21.9 Å². The molecule has 6 heteroatoms. The number of amides is 1. The minimum Gasteiger partial charge on any atom is -0.444 e. The predicted molar refractivity (Wildman–Crippen MR) is 83.3 cm³/mol. The number of carbonyl (C=O) groups excluding carboxylic acids is 1. The maximum atomic E-state index is 12.0. The van der Waals surface area contributed by atoms with Gasteiger partial charge in [-0.25, -0.2) is 4.79 Å². The molecule has 1 N–H and O–H groups in total. The van der Waals surface area contributed by atoms with Crippen molar-refractivity contribution in [3.8, 4) is 0 Å². The van der Waals surface area contributed by atoms with Crippen LogP contribution in [0.4, 0.5) is 4.79 Å². The summed E-state index contributed by atoms with van der Waals surface area (Å²) in [7, 11) is 0. The Balaban J connectivity index is 1.79. The normalized spacial score (nSPS) is 17.0. The van der Waals surface area contributed by atoms with Crippen LogP contribution in [0.3, 0.4) is 0 Å². The van der Waals surface area contributed by atoms with E-state index in [-0.39, 0.29) is 12.7 Å². The van der Waals surface area contributed by atoms with E-state index in [9.17, 15) is 4.79 Å². The molecule has 1 aromatic heterocycles. The second-order valence-corrected chi connectivity index (χ2v) is 7.52. The van der Waals surface area contributed by atoms with Crippen LogP contribution in [0.25, 0.3) is 0 Å². The maximum Gasteiger partial charge on any atom is 0.410 e. The fourth-order valence-electron chi connectivity index (χ4n) is 2.23. The van der Waals surface area contributed by atoms with Crippen LogP contribution in [0.2, 0.25) is 0 Å². The molecule has 0 atom stereocenters. The molecule has 2 heterocycles. The summed E-state index contributed by atoms with van der Waals surface area (Å²) in [5.74, 6) is 0. The summed E-state index contributed by atoms with van der Waals surface area (Å²) in [6.45, 7) is 9.76. The molecule has 0 radical (unpaired) electrons. The second-order valence-electron chi connectivity index (χ2n) is 6.27. The molecule has 1 aliphatic heterocycles. The standard InChI is InChI=1S/C15H24N2O3S/c1-15(2,3)20-14(19)17-8-6-16(7-9-17)10-12-4-5-13(11-18)21-12/h4-5,18H,6-11H2,1-3H3. The van der Waals surface area contributed by atoms with E-state index in [4.69, 9.17) is 9.84 Å². The summed E-state index contributed by atoms with van der Waals surface area (Å²) in [4.78, 5) is 18.3. The van der Waals surface area contributed by atoms with Crippen LogP contribution >= 0.6 is 11.3 Å². The van der Waals surface area contributed by atoms with E-state index >= 15 is 0 Å². The van der Waals surface area contributed by atoms with Crippen LogP contribution in [0.5, 0.6) is 0 Å². The Bertz CT molecular complexity index is 474. The maximum absolute atomic E-state index is 12.0. The largest absolute Gasteiger partial charge is 0.444 e. The number of hydrogen-bond donors (Lipinski definition) is 1. The Labute approximate surface area is 130 Å². The zero-order chi connectivity index (χ0) is 15.5. The third kappa shape index (κ3) is 4.98. The number of piperazine rings is 1. The highest BCUT2D eigenvalue weighted by atomic mass is 32.1. The minimum absolute atomic E-state index is 0.108. The molecule has 0 aromatic carbocycles. The zero-order valence-electron chi connectivity index (χ0n) is 13.0. The van der Waals surface area contributed by atoms with E-state index in [1.54, 1.807) is 16.2 Å². The van der Waals surface area contributed by atoms with Gasteiger partial charge < -0.3 is 14.7 Å². The molecule has 0 saturated carbocycles. The van der Waals surface area contributed by atoms with Crippen LogP contribution in [0, 0.1) is 0 Å². The minimum atomic E-state index is -0.439. The van der Waals surface area contributed by atoms with E-state index in [1.165, 1.54) is 4.88 Å². The Morgan fingerprint density at radius 3 is 2.38 bits per heavy atom. The SMILES string of the molecule is CC(C)(C)OC(=O)N1CCN(Cc2ccc(CO)s2)CC1. The van der Waals surface area contributed by atoms with E-state index in [1.807, 2.05) is 26.8 Å². The molecule has 1 saturated heterocycles. The van der Waals surface area contributed by atoms with Gasteiger partial charge in [0.15, 0.2) is 0 Å². The van der Waals surface area contributed by atoms with Crippen LogP contribution in [0.1, 0.15) is 30.5 Å². The first-order chi connectivity index (χ1) is 9.87. The van der Waals surface area contributed by atoms with Gasteiger partial charge in [0.2, 0.25) is 0 Å². The number of aliphatic hydroxyl groups excluding tert-OH is 1. The van der Waals surface area contributed by atoms with Crippen molar-refractivity contribution >= 4 is 17.4 Å². The van der Waals surface area contributed by atoms with Gasteiger partial charge in [-0.1, -0.05) is 0 Å². The average molecular weight is 312 g/mol. The molecule has 21 heavy (non-hydrogen) atoms. The Morgan fingerprint density at radius 1 is 1.24 bits per heavy atom. The van der Waals surface area contributed by atoms with Crippen LogP contribution in [-0.4, -0.2) is 52.8 Å². The lowest BCUT2D eigenvalue weighted by Crippen LogP contribution is -2.49. The summed E-state index contributed by atoms with van der Waals surface area (Å²) in [5, 5.41) is 9.08. The Kier molecular flexibility index (Phi) is 5.24. The molecule has 118 valence electrons. The van der Waals surface area contributed by atoms with Gasteiger partial charge in [-0.15, -0.1) is 11.3 Å². The number of thiophene rings is 1. The highest BCUT2D eigenvalue weighted by molar-refractivity contribution is 7.11. The van der Waals surface area contributed by atoms with Gasteiger partial charge >= 0.3 is 6.09 Å². The van der Waals surface area contributed by atoms with Gasteiger partial charge in [0.05, 0.1) is 6.61 Å². The first-order valence-electron chi connectivity index (χ1n) is 7.26. The van der Waals surface area contributed by atoms with E-state index in [0.717, 1.165) is 24.5 Å². The first-order valence-corrected chi connectivity index (χ1v) is 8.08. The fraction of sp³-hybridized carbons (Fsp3) is 0.667. The lowest BCUT2D eigenvalue weighted by molar-refractivity contribution is 0.0140. The first kappa shape index (κ1) is 16.3. The third-order valence-corrected chi connectivity index (χ3v) is 4.33. The van der Waals surface area contributed by atoms with Crippen molar-refractivity contribution in [2.45, 2.75) is 39.5 Å². The molecular weight excluding hydrogens is 288 g/mol. The van der Waals surface area contributed by atoms with Crippen LogP contribution < -0.4 is 0 Å². The number of nitrogens with zero attached hydrogens (tertiary/aromatic N) is 2. The monoisotopic (exact) mass is 312 g/mol. The quantitative estimate of drug-likeness (QED) is 0.930. The van der Waals surface area contributed by atoms with Gasteiger partial charge in [-0.2, -0.15) is 0 Å². The number of hydrogen-bond acceptors (Lipinski definition) is 5.